The SMILES string of the molecule is Nc1cc(N)cc(S(=O)(=O)O)c1.[NaH]. The molecule has 0 atom stereocenters. The maximum atomic E-state index is 10.6. The van der Waals surface area contributed by atoms with E-state index < -0.39 is 10.1 Å². The fourth-order valence-electron chi connectivity index (χ4n) is 0.795. The van der Waals surface area contributed by atoms with E-state index in [-0.39, 0.29) is 45.8 Å². The Balaban J connectivity index is 0.00000144. The molecule has 0 spiro atoms. The monoisotopic (exact) mass is 212 g/mol. The summed E-state index contributed by atoms with van der Waals surface area (Å²) in [4.78, 5) is -0.292. The van der Waals surface area contributed by atoms with Crippen molar-refractivity contribution in [2.45, 2.75) is 4.90 Å². The Labute approximate surface area is 98.2 Å². The van der Waals surface area contributed by atoms with E-state index in [4.69, 9.17) is 16.0 Å². The average molecular weight is 212 g/mol. The Morgan fingerprint density at radius 3 is 1.77 bits per heavy atom. The summed E-state index contributed by atoms with van der Waals surface area (Å²) in [5.41, 5.74) is 11.0. The van der Waals surface area contributed by atoms with Gasteiger partial charge in [0.1, 0.15) is 0 Å². The van der Waals surface area contributed by atoms with E-state index >= 15 is 0 Å². The van der Waals surface area contributed by atoms with Crippen molar-refractivity contribution in [2.24, 2.45) is 0 Å². The predicted octanol–water partition coefficient (Wildman–Crippen LogP) is -0.551. The molecule has 0 radical (unpaired) electrons. The minimum absolute atomic E-state index is 0. The summed E-state index contributed by atoms with van der Waals surface area (Å²) in [5, 5.41) is 0. The number of hydrogen-bond acceptors (Lipinski definition) is 4. The Morgan fingerprint density at radius 1 is 1.08 bits per heavy atom. The molecule has 1 rings (SSSR count). The van der Waals surface area contributed by atoms with Crippen molar-refractivity contribution in [1.82, 2.24) is 0 Å². The van der Waals surface area contributed by atoms with E-state index in [0.29, 0.717) is 0 Å². The van der Waals surface area contributed by atoms with Crippen LogP contribution >= 0.6 is 0 Å². The van der Waals surface area contributed by atoms with Gasteiger partial charge in [0.25, 0.3) is 10.1 Å². The van der Waals surface area contributed by atoms with Crippen LogP contribution in [-0.4, -0.2) is 42.5 Å². The van der Waals surface area contributed by atoms with Gasteiger partial charge < -0.3 is 11.5 Å². The number of nitrogen functional groups attached to an aromatic ring is 2. The van der Waals surface area contributed by atoms with Gasteiger partial charge in [0.15, 0.2) is 0 Å². The molecule has 5 nitrogen and oxygen atoms in total. The van der Waals surface area contributed by atoms with Crippen molar-refractivity contribution < 1.29 is 13.0 Å². The fraction of sp³-hybridized carbons (Fsp3) is 0. The molecule has 1 aromatic carbocycles. The zero-order valence-electron chi connectivity index (χ0n) is 6.06. The van der Waals surface area contributed by atoms with E-state index in [1.54, 1.807) is 0 Å². The van der Waals surface area contributed by atoms with Gasteiger partial charge in [-0.1, -0.05) is 0 Å². The maximum absolute atomic E-state index is 10.6. The standard InChI is InChI=1S/C6H8N2O3S.Na.H/c7-4-1-5(8)3-6(2-4)12(9,10)11;;/h1-3H,7-8H2,(H,9,10,11);;. The van der Waals surface area contributed by atoms with Crippen molar-refractivity contribution in [3.05, 3.63) is 18.2 Å². The van der Waals surface area contributed by atoms with Crippen molar-refractivity contribution in [2.75, 3.05) is 11.5 Å². The molecular formula is C6H9N2NaO3S. The van der Waals surface area contributed by atoms with Crippen molar-refractivity contribution in [3.63, 3.8) is 0 Å². The number of anilines is 2. The van der Waals surface area contributed by atoms with Crippen LogP contribution in [0.25, 0.3) is 0 Å². The topological polar surface area (TPSA) is 106 Å². The molecule has 0 aliphatic carbocycles. The quantitative estimate of drug-likeness (QED) is 0.329. The van der Waals surface area contributed by atoms with Gasteiger partial charge in [0.05, 0.1) is 4.90 Å². The molecule has 0 bridgehead atoms. The van der Waals surface area contributed by atoms with Gasteiger partial charge in [0, 0.05) is 11.4 Å². The minimum atomic E-state index is -4.21. The molecule has 13 heavy (non-hydrogen) atoms. The third kappa shape index (κ3) is 3.53. The van der Waals surface area contributed by atoms with Gasteiger partial charge >= 0.3 is 29.6 Å². The van der Waals surface area contributed by atoms with Crippen LogP contribution in [0.3, 0.4) is 0 Å². The van der Waals surface area contributed by atoms with E-state index in [9.17, 15) is 8.42 Å². The molecule has 0 unspecified atom stereocenters. The first kappa shape index (κ1) is 12.7. The Kier molecular flexibility index (Phi) is 4.21. The van der Waals surface area contributed by atoms with Gasteiger partial charge in [-0.25, -0.2) is 0 Å². The molecule has 0 aliphatic rings. The third-order valence-electron chi connectivity index (χ3n) is 1.25. The first-order valence-electron chi connectivity index (χ1n) is 3.03. The van der Waals surface area contributed by atoms with E-state index in [0.717, 1.165) is 12.1 Å². The predicted molar refractivity (Wildman–Crippen MR) is 52.2 cm³/mol. The summed E-state index contributed by atoms with van der Waals surface area (Å²) in [6, 6.07) is 3.66. The third-order valence-corrected chi connectivity index (χ3v) is 2.08. The molecule has 0 heterocycles. The summed E-state index contributed by atoms with van der Waals surface area (Å²) in [6.07, 6.45) is 0. The molecule has 0 aromatic heterocycles. The van der Waals surface area contributed by atoms with E-state index in [1.165, 1.54) is 6.07 Å². The van der Waals surface area contributed by atoms with Crippen LogP contribution in [0.2, 0.25) is 0 Å². The number of hydrogen-bond donors (Lipinski definition) is 3. The van der Waals surface area contributed by atoms with Gasteiger partial charge in [0.2, 0.25) is 0 Å². The molecule has 0 aliphatic heterocycles. The summed E-state index contributed by atoms with van der Waals surface area (Å²) < 4.78 is 29.8. The summed E-state index contributed by atoms with van der Waals surface area (Å²) in [6.45, 7) is 0. The molecular weight excluding hydrogens is 203 g/mol. The van der Waals surface area contributed by atoms with Crippen LogP contribution in [0.1, 0.15) is 0 Å². The molecule has 0 saturated heterocycles. The van der Waals surface area contributed by atoms with Crippen molar-refractivity contribution >= 4 is 51.1 Å². The van der Waals surface area contributed by atoms with Crippen LogP contribution in [0.15, 0.2) is 23.1 Å². The van der Waals surface area contributed by atoms with Gasteiger partial charge in [-0.15, -0.1) is 0 Å². The van der Waals surface area contributed by atoms with Crippen molar-refractivity contribution in [3.8, 4) is 0 Å². The van der Waals surface area contributed by atoms with Crippen LogP contribution in [0, 0.1) is 0 Å². The fourth-order valence-corrected chi connectivity index (χ4v) is 1.36. The molecule has 7 heteroatoms. The van der Waals surface area contributed by atoms with Crippen LogP contribution in [-0.2, 0) is 10.1 Å². The van der Waals surface area contributed by atoms with E-state index in [1.807, 2.05) is 0 Å². The Hall–Kier alpha value is -0.270. The molecule has 68 valence electrons. The number of nitrogens with two attached hydrogens (primary N) is 2. The average Bonchev–Trinajstić information content (AvgIpc) is 1.82. The molecule has 0 saturated carbocycles. The van der Waals surface area contributed by atoms with Crippen LogP contribution in [0.4, 0.5) is 11.4 Å². The van der Waals surface area contributed by atoms with Crippen LogP contribution < -0.4 is 11.5 Å². The summed E-state index contributed by atoms with van der Waals surface area (Å²) >= 11 is 0. The summed E-state index contributed by atoms with van der Waals surface area (Å²) in [5.74, 6) is 0. The van der Waals surface area contributed by atoms with Gasteiger partial charge in [-0.2, -0.15) is 8.42 Å². The Morgan fingerprint density at radius 2 is 1.46 bits per heavy atom. The molecule has 1 aromatic rings. The van der Waals surface area contributed by atoms with Crippen molar-refractivity contribution in [1.29, 1.82) is 0 Å². The van der Waals surface area contributed by atoms with Gasteiger partial charge in [-0.05, 0) is 18.2 Å². The first-order chi connectivity index (χ1) is 5.39. The number of rotatable bonds is 1. The molecule has 0 amide bonds. The zero-order valence-corrected chi connectivity index (χ0v) is 6.88. The van der Waals surface area contributed by atoms with E-state index in [2.05, 4.69) is 0 Å². The second-order valence-corrected chi connectivity index (χ2v) is 3.73. The molecule has 0 fully saturated rings. The Bertz CT molecular complexity index is 384. The zero-order chi connectivity index (χ0) is 9.35. The molecule has 5 N–H and O–H groups in total. The number of benzene rings is 1. The normalized spacial score (nSPS) is 10.5. The van der Waals surface area contributed by atoms with Gasteiger partial charge in [-0.3, -0.25) is 4.55 Å². The second-order valence-electron chi connectivity index (χ2n) is 2.31. The van der Waals surface area contributed by atoms with Crippen LogP contribution in [0.5, 0.6) is 0 Å². The second kappa shape index (κ2) is 4.30. The summed E-state index contributed by atoms with van der Waals surface area (Å²) in [7, 11) is -4.21. The first-order valence-corrected chi connectivity index (χ1v) is 4.47.